The summed E-state index contributed by atoms with van der Waals surface area (Å²) in [5.41, 5.74) is 2.74. The Hall–Kier alpha value is -2.82. The molecule has 0 spiro atoms. The summed E-state index contributed by atoms with van der Waals surface area (Å²) in [4.78, 5) is 25.2. The number of hydrogen-bond acceptors (Lipinski definition) is 4. The lowest BCUT2D eigenvalue weighted by Crippen LogP contribution is -2.34. The SMILES string of the molecule is COC(=O)C(c1ccc(C(C)(C)C)cc1)C1C=CC(NC(=O)c2cc(C)oc2C)C1. The molecule has 0 saturated carbocycles. The van der Waals surface area contributed by atoms with Crippen LogP contribution in [0.3, 0.4) is 0 Å². The molecule has 0 fully saturated rings. The van der Waals surface area contributed by atoms with Gasteiger partial charge in [0.05, 0.1) is 18.6 Å². The molecule has 3 atom stereocenters. The van der Waals surface area contributed by atoms with E-state index in [1.165, 1.54) is 12.7 Å². The van der Waals surface area contributed by atoms with Gasteiger partial charge in [-0.1, -0.05) is 57.2 Å². The molecule has 1 aromatic carbocycles. The minimum absolute atomic E-state index is 0.0459. The standard InChI is InChI=1S/C25H31NO4/c1-15-13-21(16(2)30-15)23(27)26-20-12-9-18(14-20)22(24(28)29-6)17-7-10-19(11-8-17)25(3,4)5/h7-13,18,20,22H,14H2,1-6H3,(H,26,27). The van der Waals surface area contributed by atoms with Gasteiger partial charge in [0.25, 0.3) is 5.91 Å². The van der Waals surface area contributed by atoms with Crippen LogP contribution in [0, 0.1) is 19.8 Å². The Bertz CT molecular complexity index is 947. The number of aryl methyl sites for hydroxylation is 2. The van der Waals surface area contributed by atoms with Crippen molar-refractivity contribution in [1.29, 1.82) is 0 Å². The molecule has 30 heavy (non-hydrogen) atoms. The Labute approximate surface area is 178 Å². The minimum atomic E-state index is -0.403. The number of methoxy groups -OCH3 is 1. The monoisotopic (exact) mass is 409 g/mol. The van der Waals surface area contributed by atoms with Crippen molar-refractivity contribution in [2.45, 2.75) is 58.4 Å². The predicted octanol–water partition coefficient (Wildman–Crippen LogP) is 4.83. The van der Waals surface area contributed by atoms with Crippen LogP contribution in [-0.4, -0.2) is 25.0 Å². The highest BCUT2D eigenvalue weighted by Gasteiger charge is 2.34. The molecule has 2 aromatic rings. The maximum Gasteiger partial charge on any atom is 0.313 e. The van der Waals surface area contributed by atoms with E-state index in [2.05, 4.69) is 38.2 Å². The summed E-state index contributed by atoms with van der Waals surface area (Å²) in [6.45, 7) is 10.1. The van der Waals surface area contributed by atoms with Crippen LogP contribution in [0.5, 0.6) is 0 Å². The first-order valence-corrected chi connectivity index (χ1v) is 10.3. The third kappa shape index (κ3) is 4.66. The Kier molecular flexibility index (Phi) is 6.20. The second-order valence-corrected chi connectivity index (χ2v) is 9.06. The smallest absolute Gasteiger partial charge is 0.313 e. The summed E-state index contributed by atoms with van der Waals surface area (Å²) < 4.78 is 10.6. The molecule has 0 bridgehead atoms. The van der Waals surface area contributed by atoms with E-state index in [1.54, 1.807) is 13.0 Å². The van der Waals surface area contributed by atoms with Crippen LogP contribution in [0.2, 0.25) is 0 Å². The number of esters is 1. The van der Waals surface area contributed by atoms with Crippen LogP contribution < -0.4 is 5.32 Å². The summed E-state index contributed by atoms with van der Waals surface area (Å²) >= 11 is 0. The average Bonchev–Trinajstić information content (AvgIpc) is 3.27. The van der Waals surface area contributed by atoms with Crippen LogP contribution in [0.25, 0.3) is 0 Å². The fraction of sp³-hybridized carbons (Fsp3) is 0.440. The number of amides is 1. The first-order chi connectivity index (χ1) is 14.1. The van der Waals surface area contributed by atoms with E-state index in [9.17, 15) is 9.59 Å². The van der Waals surface area contributed by atoms with Gasteiger partial charge in [-0.25, -0.2) is 0 Å². The second kappa shape index (κ2) is 8.50. The van der Waals surface area contributed by atoms with Crippen LogP contribution in [0.15, 0.2) is 46.9 Å². The molecule has 1 aliphatic rings. The number of rotatable bonds is 5. The van der Waals surface area contributed by atoms with Crippen LogP contribution in [0.4, 0.5) is 0 Å². The topological polar surface area (TPSA) is 68.5 Å². The highest BCUT2D eigenvalue weighted by atomic mass is 16.5. The van der Waals surface area contributed by atoms with Crippen LogP contribution in [0.1, 0.15) is 66.1 Å². The fourth-order valence-corrected chi connectivity index (χ4v) is 4.06. The first kappa shape index (κ1) is 21.9. The Balaban J connectivity index is 1.74. The molecule has 1 amide bonds. The second-order valence-electron chi connectivity index (χ2n) is 9.06. The van der Waals surface area contributed by atoms with Gasteiger partial charge in [0, 0.05) is 6.04 Å². The van der Waals surface area contributed by atoms with E-state index >= 15 is 0 Å². The minimum Gasteiger partial charge on any atom is -0.469 e. The normalized spacial score (nSPS) is 19.5. The summed E-state index contributed by atoms with van der Waals surface area (Å²) in [7, 11) is 1.42. The number of furan rings is 1. The summed E-state index contributed by atoms with van der Waals surface area (Å²) in [6, 6.07) is 9.78. The maximum atomic E-state index is 12.6. The molecule has 1 aromatic heterocycles. The third-order valence-corrected chi connectivity index (χ3v) is 5.74. The molecule has 0 saturated heterocycles. The van der Waals surface area contributed by atoms with Crippen LogP contribution in [-0.2, 0) is 14.9 Å². The van der Waals surface area contributed by atoms with E-state index in [0.29, 0.717) is 23.5 Å². The number of hydrogen-bond donors (Lipinski definition) is 1. The number of ether oxygens (including phenoxy) is 1. The van der Waals surface area contributed by atoms with E-state index in [-0.39, 0.29) is 29.3 Å². The summed E-state index contributed by atoms with van der Waals surface area (Å²) in [6.07, 6.45) is 4.62. The number of allylic oxidation sites excluding steroid dienone is 1. The van der Waals surface area contributed by atoms with Gasteiger partial charge in [-0.3, -0.25) is 9.59 Å². The zero-order valence-corrected chi connectivity index (χ0v) is 18.6. The highest BCUT2D eigenvalue weighted by Crippen LogP contribution is 2.35. The molecule has 3 unspecified atom stereocenters. The van der Waals surface area contributed by atoms with E-state index in [1.807, 2.05) is 31.2 Å². The van der Waals surface area contributed by atoms with E-state index in [0.717, 1.165) is 5.56 Å². The lowest BCUT2D eigenvalue weighted by Gasteiger charge is -2.24. The molecule has 5 nitrogen and oxygen atoms in total. The number of benzene rings is 1. The van der Waals surface area contributed by atoms with Crippen molar-refractivity contribution >= 4 is 11.9 Å². The predicted molar refractivity (Wildman–Crippen MR) is 117 cm³/mol. The molecular weight excluding hydrogens is 378 g/mol. The Morgan fingerprint density at radius 2 is 1.80 bits per heavy atom. The lowest BCUT2D eigenvalue weighted by atomic mass is 9.82. The van der Waals surface area contributed by atoms with Crippen molar-refractivity contribution in [2.24, 2.45) is 5.92 Å². The zero-order valence-electron chi connectivity index (χ0n) is 18.6. The molecular formula is C25H31NO4. The average molecular weight is 410 g/mol. The van der Waals surface area contributed by atoms with Gasteiger partial charge >= 0.3 is 5.97 Å². The lowest BCUT2D eigenvalue weighted by molar-refractivity contribution is -0.143. The largest absolute Gasteiger partial charge is 0.469 e. The molecule has 3 rings (SSSR count). The fourth-order valence-electron chi connectivity index (χ4n) is 4.06. The quantitative estimate of drug-likeness (QED) is 0.568. The molecule has 1 aliphatic carbocycles. The third-order valence-electron chi connectivity index (χ3n) is 5.74. The van der Waals surface area contributed by atoms with Crippen molar-refractivity contribution in [1.82, 2.24) is 5.32 Å². The van der Waals surface area contributed by atoms with Crippen molar-refractivity contribution in [2.75, 3.05) is 7.11 Å². The van der Waals surface area contributed by atoms with Gasteiger partial charge in [0.15, 0.2) is 0 Å². The summed E-state index contributed by atoms with van der Waals surface area (Å²) in [5, 5.41) is 3.03. The molecule has 0 aliphatic heterocycles. The van der Waals surface area contributed by atoms with Gasteiger partial charge in [0.2, 0.25) is 0 Å². The Morgan fingerprint density at radius 3 is 2.33 bits per heavy atom. The summed E-state index contributed by atoms with van der Waals surface area (Å²) in [5.74, 6) is 0.442. The van der Waals surface area contributed by atoms with Crippen molar-refractivity contribution < 1.29 is 18.7 Å². The number of carbonyl (C=O) groups excluding carboxylic acids is 2. The van der Waals surface area contributed by atoms with Gasteiger partial charge in [-0.15, -0.1) is 0 Å². The van der Waals surface area contributed by atoms with Crippen molar-refractivity contribution in [3.05, 3.63) is 70.7 Å². The molecule has 160 valence electrons. The van der Waals surface area contributed by atoms with Gasteiger partial charge < -0.3 is 14.5 Å². The molecule has 5 heteroatoms. The Morgan fingerprint density at radius 1 is 1.13 bits per heavy atom. The van der Waals surface area contributed by atoms with Crippen molar-refractivity contribution in [3.8, 4) is 0 Å². The van der Waals surface area contributed by atoms with Crippen LogP contribution >= 0.6 is 0 Å². The van der Waals surface area contributed by atoms with Gasteiger partial charge in [-0.2, -0.15) is 0 Å². The van der Waals surface area contributed by atoms with E-state index < -0.39 is 5.92 Å². The van der Waals surface area contributed by atoms with Crippen molar-refractivity contribution in [3.63, 3.8) is 0 Å². The molecule has 1 N–H and O–H groups in total. The maximum absolute atomic E-state index is 12.6. The molecule has 0 radical (unpaired) electrons. The molecule has 1 heterocycles. The highest BCUT2D eigenvalue weighted by molar-refractivity contribution is 5.95. The zero-order chi connectivity index (χ0) is 22.1. The van der Waals surface area contributed by atoms with Gasteiger partial charge in [0.1, 0.15) is 11.5 Å². The number of carbonyl (C=O) groups is 2. The van der Waals surface area contributed by atoms with Gasteiger partial charge in [-0.05, 0) is 48.8 Å². The first-order valence-electron chi connectivity index (χ1n) is 10.3. The van der Waals surface area contributed by atoms with E-state index in [4.69, 9.17) is 9.15 Å². The number of nitrogens with one attached hydrogen (secondary N) is 1.